The first-order valence-electron chi connectivity index (χ1n) is 8.38. The molecule has 2 N–H and O–H groups in total. The zero-order chi connectivity index (χ0) is 18.4. The molecule has 1 atom stereocenters. The second-order valence-electron chi connectivity index (χ2n) is 5.94. The van der Waals surface area contributed by atoms with Crippen molar-refractivity contribution in [3.05, 3.63) is 77.7 Å². The maximum absolute atomic E-state index is 12.6. The van der Waals surface area contributed by atoms with E-state index in [1.54, 1.807) is 11.3 Å². The van der Waals surface area contributed by atoms with Crippen molar-refractivity contribution in [1.29, 1.82) is 0 Å². The summed E-state index contributed by atoms with van der Waals surface area (Å²) < 4.78 is 0. The highest BCUT2D eigenvalue weighted by Gasteiger charge is 2.18. The Balaban J connectivity index is 1.76. The molecule has 1 heterocycles. The normalized spacial score (nSPS) is 11.6. The minimum Gasteiger partial charge on any atom is -0.349 e. The van der Waals surface area contributed by atoms with Crippen LogP contribution in [0.5, 0.6) is 0 Å². The van der Waals surface area contributed by atoms with Gasteiger partial charge in [0.2, 0.25) is 11.8 Å². The lowest BCUT2D eigenvalue weighted by Crippen LogP contribution is -2.29. The van der Waals surface area contributed by atoms with Crippen LogP contribution in [0.4, 0.5) is 5.69 Å². The molecule has 3 aromatic rings. The van der Waals surface area contributed by atoms with Crippen LogP contribution in [0.3, 0.4) is 0 Å². The van der Waals surface area contributed by atoms with Crippen molar-refractivity contribution >= 4 is 28.8 Å². The lowest BCUT2D eigenvalue weighted by Gasteiger charge is -2.18. The number of nitrogens with one attached hydrogen (secondary N) is 2. The maximum atomic E-state index is 12.6. The van der Waals surface area contributed by atoms with Gasteiger partial charge in [-0.3, -0.25) is 9.59 Å². The van der Waals surface area contributed by atoms with Crippen molar-refractivity contribution in [2.75, 3.05) is 5.32 Å². The molecule has 0 bridgehead atoms. The van der Waals surface area contributed by atoms with Crippen LogP contribution in [0.2, 0.25) is 0 Å². The summed E-state index contributed by atoms with van der Waals surface area (Å²) in [4.78, 5) is 25.3. The third kappa shape index (κ3) is 4.58. The first kappa shape index (κ1) is 17.9. The molecule has 26 heavy (non-hydrogen) atoms. The molecule has 5 heteroatoms. The summed E-state index contributed by atoms with van der Waals surface area (Å²) >= 11 is 1.63. The second kappa shape index (κ2) is 8.45. The molecule has 0 spiro atoms. The van der Waals surface area contributed by atoms with Crippen molar-refractivity contribution in [2.45, 2.75) is 19.4 Å². The average molecular weight is 364 g/mol. The molecule has 0 aliphatic rings. The molecule has 1 unspecified atom stereocenters. The van der Waals surface area contributed by atoms with E-state index in [0.29, 0.717) is 0 Å². The predicted octanol–water partition coefficient (Wildman–Crippen LogP) is 4.62. The van der Waals surface area contributed by atoms with Gasteiger partial charge in [-0.05, 0) is 23.1 Å². The van der Waals surface area contributed by atoms with Crippen LogP contribution in [-0.2, 0) is 9.59 Å². The van der Waals surface area contributed by atoms with E-state index in [9.17, 15) is 9.59 Å². The summed E-state index contributed by atoms with van der Waals surface area (Å²) in [7, 11) is 0. The van der Waals surface area contributed by atoms with Gasteiger partial charge in [-0.25, -0.2) is 0 Å². The van der Waals surface area contributed by atoms with Crippen LogP contribution in [0.25, 0.3) is 10.4 Å². The molecular formula is C21H20N2O2S. The minimum atomic E-state index is -0.359. The highest BCUT2D eigenvalue weighted by atomic mass is 32.1. The third-order valence-corrected chi connectivity index (χ3v) is 4.86. The Morgan fingerprint density at radius 1 is 0.962 bits per heavy atom. The molecular weight excluding hydrogens is 344 g/mol. The van der Waals surface area contributed by atoms with Crippen LogP contribution in [0, 0.1) is 0 Å². The number of thiophene rings is 1. The summed E-state index contributed by atoms with van der Waals surface area (Å²) in [6.45, 7) is 1.46. The Bertz CT molecular complexity index is 876. The maximum Gasteiger partial charge on any atom is 0.226 e. The Labute approximate surface area is 156 Å². The van der Waals surface area contributed by atoms with Crippen LogP contribution in [0.15, 0.2) is 72.1 Å². The van der Waals surface area contributed by atoms with Gasteiger partial charge in [-0.1, -0.05) is 54.6 Å². The van der Waals surface area contributed by atoms with E-state index < -0.39 is 0 Å². The molecule has 2 amide bonds. The minimum absolute atomic E-state index is 0.142. The van der Waals surface area contributed by atoms with Gasteiger partial charge in [-0.15, -0.1) is 11.3 Å². The molecule has 2 aromatic carbocycles. The molecule has 0 saturated carbocycles. The zero-order valence-electron chi connectivity index (χ0n) is 14.4. The average Bonchev–Trinajstić information content (AvgIpc) is 3.16. The van der Waals surface area contributed by atoms with Gasteiger partial charge < -0.3 is 10.6 Å². The first-order chi connectivity index (χ1) is 12.6. The first-order valence-corrected chi connectivity index (χ1v) is 9.26. The van der Waals surface area contributed by atoms with Crippen LogP contribution < -0.4 is 10.6 Å². The molecule has 3 rings (SSSR count). The number of para-hydroxylation sites is 1. The van der Waals surface area contributed by atoms with Gasteiger partial charge in [0.1, 0.15) is 0 Å². The van der Waals surface area contributed by atoms with Crippen molar-refractivity contribution in [3.8, 4) is 10.4 Å². The van der Waals surface area contributed by atoms with Crippen molar-refractivity contribution in [2.24, 2.45) is 0 Å². The van der Waals surface area contributed by atoms with E-state index >= 15 is 0 Å². The number of anilines is 1. The van der Waals surface area contributed by atoms with E-state index in [0.717, 1.165) is 21.7 Å². The lowest BCUT2D eigenvalue weighted by atomic mass is 10.0. The van der Waals surface area contributed by atoms with Gasteiger partial charge in [0, 0.05) is 23.1 Å². The molecule has 0 aliphatic heterocycles. The number of carbonyl (C=O) groups excluding carboxylic acids is 2. The van der Waals surface area contributed by atoms with Crippen molar-refractivity contribution in [1.82, 2.24) is 5.32 Å². The Hall–Kier alpha value is -2.92. The Morgan fingerprint density at radius 2 is 1.69 bits per heavy atom. The van der Waals surface area contributed by atoms with Crippen LogP contribution in [-0.4, -0.2) is 11.8 Å². The lowest BCUT2D eigenvalue weighted by molar-refractivity contribution is -0.120. The summed E-state index contributed by atoms with van der Waals surface area (Å²) in [6.07, 6.45) is 0.169. The van der Waals surface area contributed by atoms with E-state index in [1.807, 2.05) is 72.1 Å². The molecule has 4 nitrogen and oxygen atoms in total. The Kier molecular flexibility index (Phi) is 5.81. The number of hydrogen-bond acceptors (Lipinski definition) is 3. The van der Waals surface area contributed by atoms with Gasteiger partial charge >= 0.3 is 0 Å². The quantitative estimate of drug-likeness (QED) is 0.670. The van der Waals surface area contributed by atoms with E-state index in [-0.39, 0.29) is 24.3 Å². The fourth-order valence-electron chi connectivity index (χ4n) is 2.81. The molecule has 0 saturated heterocycles. The zero-order valence-corrected chi connectivity index (χ0v) is 15.3. The van der Waals surface area contributed by atoms with E-state index in [4.69, 9.17) is 0 Å². The largest absolute Gasteiger partial charge is 0.349 e. The van der Waals surface area contributed by atoms with E-state index in [2.05, 4.69) is 10.6 Å². The van der Waals surface area contributed by atoms with Crippen molar-refractivity contribution in [3.63, 3.8) is 0 Å². The molecule has 0 radical (unpaired) electrons. The number of benzene rings is 2. The topological polar surface area (TPSA) is 58.2 Å². The number of amides is 2. The van der Waals surface area contributed by atoms with Gasteiger partial charge in [0.25, 0.3) is 0 Å². The standard InChI is InChI=1S/C21H20N2O2S/c1-15(24)22-19(16-8-3-2-4-9-16)14-21(25)23-18-11-6-5-10-17(18)20-12-7-13-26-20/h2-13,19H,14H2,1H3,(H,22,24)(H,23,25). The molecule has 0 aliphatic carbocycles. The summed E-state index contributed by atoms with van der Waals surface area (Å²) in [5, 5.41) is 7.86. The molecule has 0 fully saturated rings. The van der Waals surface area contributed by atoms with Gasteiger partial charge in [0.05, 0.1) is 12.5 Å². The van der Waals surface area contributed by atoms with Crippen LogP contribution in [0.1, 0.15) is 24.9 Å². The third-order valence-electron chi connectivity index (χ3n) is 3.96. The summed E-state index contributed by atoms with van der Waals surface area (Å²) in [5.74, 6) is -0.303. The second-order valence-corrected chi connectivity index (χ2v) is 6.89. The van der Waals surface area contributed by atoms with Gasteiger partial charge in [-0.2, -0.15) is 0 Å². The highest BCUT2D eigenvalue weighted by Crippen LogP contribution is 2.31. The summed E-state index contributed by atoms with van der Waals surface area (Å²) in [5.41, 5.74) is 2.67. The number of carbonyl (C=O) groups is 2. The predicted molar refractivity (Wildman–Crippen MR) is 106 cm³/mol. The number of hydrogen-bond donors (Lipinski definition) is 2. The number of rotatable bonds is 6. The fourth-order valence-corrected chi connectivity index (χ4v) is 3.57. The SMILES string of the molecule is CC(=O)NC(CC(=O)Nc1ccccc1-c1cccs1)c1ccccc1. The van der Waals surface area contributed by atoms with E-state index in [1.165, 1.54) is 6.92 Å². The fraction of sp³-hybridized carbons (Fsp3) is 0.143. The van der Waals surface area contributed by atoms with Crippen LogP contribution >= 0.6 is 11.3 Å². The van der Waals surface area contributed by atoms with Crippen molar-refractivity contribution < 1.29 is 9.59 Å². The smallest absolute Gasteiger partial charge is 0.226 e. The van der Waals surface area contributed by atoms with Gasteiger partial charge in [0.15, 0.2) is 0 Å². The highest BCUT2D eigenvalue weighted by molar-refractivity contribution is 7.13. The summed E-state index contributed by atoms with van der Waals surface area (Å²) in [6, 6.07) is 20.9. The Morgan fingerprint density at radius 3 is 2.38 bits per heavy atom. The monoisotopic (exact) mass is 364 g/mol. The molecule has 132 valence electrons. The molecule has 1 aromatic heterocycles.